The first-order valence-electron chi connectivity index (χ1n) is 7.59. The smallest absolute Gasteiger partial charge is 0.130 e. The van der Waals surface area contributed by atoms with Gasteiger partial charge in [-0.15, -0.1) is 0 Å². The molecule has 0 aliphatic heterocycles. The van der Waals surface area contributed by atoms with E-state index in [-0.39, 0.29) is 0 Å². The summed E-state index contributed by atoms with van der Waals surface area (Å²) in [5.41, 5.74) is 10.7. The molecule has 2 N–H and O–H groups in total. The summed E-state index contributed by atoms with van der Waals surface area (Å²) in [6.07, 6.45) is 0.833. The highest BCUT2D eigenvalue weighted by Gasteiger charge is 2.08. The van der Waals surface area contributed by atoms with E-state index in [1.807, 2.05) is 6.07 Å². The molecule has 0 bridgehead atoms. The van der Waals surface area contributed by atoms with Gasteiger partial charge in [-0.05, 0) is 67.6 Å². The van der Waals surface area contributed by atoms with Gasteiger partial charge in [0.05, 0.1) is 0 Å². The zero-order valence-electron chi connectivity index (χ0n) is 13.4. The van der Waals surface area contributed by atoms with Gasteiger partial charge in [-0.1, -0.05) is 37.6 Å². The summed E-state index contributed by atoms with van der Waals surface area (Å²) in [6, 6.07) is 12.6. The maximum atomic E-state index is 6.08. The second-order valence-corrected chi connectivity index (χ2v) is 5.93. The summed E-state index contributed by atoms with van der Waals surface area (Å²) < 4.78 is 6.08. The van der Waals surface area contributed by atoms with Crippen molar-refractivity contribution in [2.45, 2.75) is 40.0 Å². The Kier molecular flexibility index (Phi) is 5.03. The number of rotatable bonds is 5. The monoisotopic (exact) mass is 283 g/mol. The Morgan fingerprint density at radius 2 is 1.81 bits per heavy atom. The zero-order chi connectivity index (χ0) is 15.4. The predicted molar refractivity (Wildman–Crippen MR) is 89.3 cm³/mol. The van der Waals surface area contributed by atoms with Gasteiger partial charge in [-0.25, -0.2) is 0 Å². The van der Waals surface area contributed by atoms with E-state index in [9.17, 15) is 0 Å². The summed E-state index contributed by atoms with van der Waals surface area (Å²) >= 11 is 0. The standard InChI is InChI=1S/C19H25NO/c1-13(2)18-7-6-17(12-15(18)4)21-19-8-5-14(3)11-16(19)9-10-20/h5-8,11-13H,9-10,20H2,1-4H3. The molecule has 0 aromatic heterocycles. The fourth-order valence-corrected chi connectivity index (χ4v) is 2.65. The molecule has 112 valence electrons. The van der Waals surface area contributed by atoms with Gasteiger partial charge >= 0.3 is 0 Å². The molecule has 0 atom stereocenters. The molecule has 0 amide bonds. The van der Waals surface area contributed by atoms with Crippen LogP contribution in [0.25, 0.3) is 0 Å². The first-order chi connectivity index (χ1) is 10.0. The fraction of sp³-hybridized carbons (Fsp3) is 0.368. The Labute approximate surface area is 127 Å². The molecule has 0 fully saturated rings. The fourth-order valence-electron chi connectivity index (χ4n) is 2.65. The maximum Gasteiger partial charge on any atom is 0.130 e. The molecular weight excluding hydrogens is 258 g/mol. The number of hydrogen-bond donors (Lipinski definition) is 1. The SMILES string of the molecule is Cc1ccc(Oc2ccc(C(C)C)c(C)c2)c(CCN)c1. The molecule has 2 aromatic rings. The van der Waals surface area contributed by atoms with E-state index in [0.717, 1.165) is 17.9 Å². The molecule has 0 aliphatic carbocycles. The molecule has 0 saturated heterocycles. The first kappa shape index (κ1) is 15.6. The Balaban J connectivity index is 2.28. The minimum atomic E-state index is 0.534. The average molecular weight is 283 g/mol. The van der Waals surface area contributed by atoms with Gasteiger partial charge in [-0.3, -0.25) is 0 Å². The van der Waals surface area contributed by atoms with Crippen LogP contribution in [0, 0.1) is 13.8 Å². The van der Waals surface area contributed by atoms with Crippen molar-refractivity contribution in [1.29, 1.82) is 0 Å². The minimum Gasteiger partial charge on any atom is -0.457 e. The highest BCUT2D eigenvalue weighted by Crippen LogP contribution is 2.29. The van der Waals surface area contributed by atoms with Crippen LogP contribution in [0.1, 0.15) is 42.0 Å². The van der Waals surface area contributed by atoms with Crippen LogP contribution in [0.15, 0.2) is 36.4 Å². The van der Waals surface area contributed by atoms with Gasteiger partial charge < -0.3 is 10.5 Å². The molecule has 0 unspecified atom stereocenters. The topological polar surface area (TPSA) is 35.2 Å². The molecule has 2 heteroatoms. The molecule has 2 rings (SSSR count). The van der Waals surface area contributed by atoms with Crippen LogP contribution in [-0.2, 0) is 6.42 Å². The van der Waals surface area contributed by atoms with E-state index in [1.54, 1.807) is 0 Å². The summed E-state index contributed by atoms with van der Waals surface area (Å²) in [4.78, 5) is 0. The van der Waals surface area contributed by atoms with E-state index >= 15 is 0 Å². The summed E-state index contributed by atoms with van der Waals surface area (Å²) in [6.45, 7) is 9.28. The predicted octanol–water partition coefficient (Wildman–Crippen LogP) is 4.72. The van der Waals surface area contributed by atoms with Crippen molar-refractivity contribution >= 4 is 0 Å². The van der Waals surface area contributed by atoms with E-state index in [1.165, 1.54) is 22.3 Å². The van der Waals surface area contributed by atoms with Crippen molar-refractivity contribution in [3.8, 4) is 11.5 Å². The number of aryl methyl sites for hydroxylation is 2. The zero-order valence-corrected chi connectivity index (χ0v) is 13.4. The number of hydrogen-bond acceptors (Lipinski definition) is 2. The molecular formula is C19H25NO. The van der Waals surface area contributed by atoms with Crippen LogP contribution in [-0.4, -0.2) is 6.54 Å². The second kappa shape index (κ2) is 6.77. The Bertz CT molecular complexity index is 617. The van der Waals surface area contributed by atoms with Crippen LogP contribution in [0.4, 0.5) is 0 Å². The highest BCUT2D eigenvalue weighted by molar-refractivity contribution is 5.43. The largest absolute Gasteiger partial charge is 0.457 e. The van der Waals surface area contributed by atoms with Crippen LogP contribution in [0.5, 0.6) is 11.5 Å². The van der Waals surface area contributed by atoms with E-state index in [0.29, 0.717) is 12.5 Å². The average Bonchev–Trinajstić information content (AvgIpc) is 2.42. The molecule has 2 aromatic carbocycles. The van der Waals surface area contributed by atoms with Gasteiger partial charge in [0.15, 0.2) is 0 Å². The molecule has 21 heavy (non-hydrogen) atoms. The lowest BCUT2D eigenvalue weighted by atomic mass is 9.98. The third-order valence-corrected chi connectivity index (χ3v) is 3.72. The third-order valence-electron chi connectivity index (χ3n) is 3.72. The summed E-state index contributed by atoms with van der Waals surface area (Å²) in [5, 5.41) is 0. The first-order valence-corrected chi connectivity index (χ1v) is 7.59. The Hall–Kier alpha value is -1.80. The van der Waals surface area contributed by atoms with Crippen LogP contribution in [0.3, 0.4) is 0 Å². The normalized spacial score (nSPS) is 11.0. The van der Waals surface area contributed by atoms with Crippen LogP contribution >= 0.6 is 0 Å². The summed E-state index contributed by atoms with van der Waals surface area (Å²) in [7, 11) is 0. The lowest BCUT2D eigenvalue weighted by molar-refractivity contribution is 0.475. The quantitative estimate of drug-likeness (QED) is 0.861. The Morgan fingerprint density at radius 1 is 1.05 bits per heavy atom. The summed E-state index contributed by atoms with van der Waals surface area (Å²) in [5.74, 6) is 2.33. The van der Waals surface area contributed by atoms with E-state index in [4.69, 9.17) is 10.5 Å². The van der Waals surface area contributed by atoms with E-state index < -0.39 is 0 Å². The molecule has 0 heterocycles. The van der Waals surface area contributed by atoms with Crippen molar-refractivity contribution in [2.24, 2.45) is 5.73 Å². The molecule has 2 nitrogen and oxygen atoms in total. The number of benzene rings is 2. The lowest BCUT2D eigenvalue weighted by Crippen LogP contribution is -2.04. The van der Waals surface area contributed by atoms with Gasteiger partial charge in [0, 0.05) is 0 Å². The van der Waals surface area contributed by atoms with Crippen molar-refractivity contribution in [1.82, 2.24) is 0 Å². The number of ether oxygens (including phenoxy) is 1. The van der Waals surface area contributed by atoms with Gasteiger partial charge in [0.1, 0.15) is 11.5 Å². The van der Waals surface area contributed by atoms with E-state index in [2.05, 4.69) is 58.0 Å². The third kappa shape index (κ3) is 3.85. The molecule has 0 aliphatic rings. The van der Waals surface area contributed by atoms with Gasteiger partial charge in [-0.2, -0.15) is 0 Å². The minimum absolute atomic E-state index is 0.534. The van der Waals surface area contributed by atoms with Crippen molar-refractivity contribution in [3.63, 3.8) is 0 Å². The second-order valence-electron chi connectivity index (χ2n) is 5.93. The van der Waals surface area contributed by atoms with Crippen LogP contribution in [0.2, 0.25) is 0 Å². The molecule has 0 radical (unpaired) electrons. The van der Waals surface area contributed by atoms with Crippen molar-refractivity contribution in [3.05, 3.63) is 58.7 Å². The molecule has 0 saturated carbocycles. The molecule has 0 spiro atoms. The van der Waals surface area contributed by atoms with Crippen molar-refractivity contribution in [2.75, 3.05) is 6.54 Å². The number of nitrogens with two attached hydrogens (primary N) is 1. The lowest BCUT2D eigenvalue weighted by Gasteiger charge is -2.14. The Morgan fingerprint density at radius 3 is 2.43 bits per heavy atom. The van der Waals surface area contributed by atoms with Crippen LogP contribution < -0.4 is 10.5 Å². The van der Waals surface area contributed by atoms with Gasteiger partial charge in [0.25, 0.3) is 0 Å². The maximum absolute atomic E-state index is 6.08. The van der Waals surface area contributed by atoms with Gasteiger partial charge in [0.2, 0.25) is 0 Å². The van der Waals surface area contributed by atoms with Crippen molar-refractivity contribution < 1.29 is 4.74 Å². The highest BCUT2D eigenvalue weighted by atomic mass is 16.5.